The van der Waals surface area contributed by atoms with Crippen LogP contribution in [-0.2, 0) is 11.2 Å². The van der Waals surface area contributed by atoms with Crippen molar-refractivity contribution >= 4 is 22.2 Å². The first kappa shape index (κ1) is 17.1. The van der Waals surface area contributed by atoms with Crippen LogP contribution in [0.2, 0.25) is 0 Å². The number of nitrogens with one attached hydrogen (secondary N) is 1. The molecule has 0 unspecified atom stereocenters. The number of amides is 1. The van der Waals surface area contributed by atoms with Crippen LogP contribution in [0.25, 0.3) is 16.2 Å². The zero-order valence-corrected chi connectivity index (χ0v) is 15.7. The lowest BCUT2D eigenvalue weighted by Crippen LogP contribution is -2.32. The lowest BCUT2D eigenvalue weighted by molar-refractivity contribution is -0.121. The Hall–Kier alpha value is -2.34. The van der Waals surface area contributed by atoms with E-state index in [1.807, 2.05) is 24.3 Å². The van der Waals surface area contributed by atoms with E-state index in [9.17, 15) is 4.79 Å². The third-order valence-electron chi connectivity index (χ3n) is 5.00. The molecule has 0 saturated heterocycles. The number of hydrogen-bond acceptors (Lipinski definition) is 4. The van der Waals surface area contributed by atoms with E-state index in [-0.39, 0.29) is 5.91 Å². The van der Waals surface area contributed by atoms with Gasteiger partial charge in [0.25, 0.3) is 0 Å². The van der Waals surface area contributed by atoms with Gasteiger partial charge in [0.15, 0.2) is 4.96 Å². The van der Waals surface area contributed by atoms with Crippen LogP contribution in [0.5, 0.6) is 5.75 Å². The Morgan fingerprint density at radius 3 is 2.81 bits per heavy atom. The molecule has 1 aromatic carbocycles. The highest BCUT2D eigenvalue weighted by atomic mass is 32.1. The van der Waals surface area contributed by atoms with Crippen LogP contribution in [0.4, 0.5) is 0 Å². The number of carbonyl (C=O) groups excluding carboxylic acids is 1. The quantitative estimate of drug-likeness (QED) is 0.713. The topological polar surface area (TPSA) is 55.6 Å². The van der Waals surface area contributed by atoms with Gasteiger partial charge in [-0.15, -0.1) is 11.3 Å². The van der Waals surface area contributed by atoms with Gasteiger partial charge >= 0.3 is 0 Å². The minimum atomic E-state index is 0.159. The van der Waals surface area contributed by atoms with Gasteiger partial charge in [-0.1, -0.05) is 12.8 Å². The Kier molecular flexibility index (Phi) is 4.93. The zero-order valence-electron chi connectivity index (χ0n) is 14.9. The number of ether oxygens (including phenoxy) is 1. The van der Waals surface area contributed by atoms with Gasteiger partial charge < -0.3 is 10.1 Å². The highest BCUT2D eigenvalue weighted by Gasteiger charge is 2.17. The lowest BCUT2D eigenvalue weighted by Gasteiger charge is -2.11. The maximum absolute atomic E-state index is 12.2. The molecular formula is C20H23N3O2S. The summed E-state index contributed by atoms with van der Waals surface area (Å²) in [5.41, 5.74) is 3.14. The Bertz CT molecular complexity index is 892. The van der Waals surface area contributed by atoms with E-state index in [0.717, 1.165) is 46.9 Å². The molecule has 0 atom stereocenters. The molecule has 26 heavy (non-hydrogen) atoms. The molecule has 1 saturated carbocycles. The first-order valence-corrected chi connectivity index (χ1v) is 10.00. The smallest absolute Gasteiger partial charge is 0.220 e. The molecule has 5 nitrogen and oxygen atoms in total. The van der Waals surface area contributed by atoms with E-state index < -0.39 is 0 Å². The number of fused-ring (bicyclic) bond motifs is 1. The fourth-order valence-electron chi connectivity index (χ4n) is 3.52. The number of nitrogens with zero attached hydrogens (tertiary/aromatic N) is 2. The van der Waals surface area contributed by atoms with Crippen molar-refractivity contribution in [3.05, 3.63) is 41.5 Å². The van der Waals surface area contributed by atoms with Crippen LogP contribution in [0, 0.1) is 0 Å². The molecule has 0 spiro atoms. The van der Waals surface area contributed by atoms with Crippen LogP contribution >= 0.6 is 11.3 Å². The average Bonchev–Trinajstić information content (AvgIpc) is 3.38. The van der Waals surface area contributed by atoms with Gasteiger partial charge in [-0.25, -0.2) is 4.98 Å². The summed E-state index contributed by atoms with van der Waals surface area (Å²) in [6.07, 6.45) is 8.04. The fraction of sp³-hybridized carbons (Fsp3) is 0.400. The molecule has 1 aliphatic rings. The number of benzene rings is 1. The fourth-order valence-corrected chi connectivity index (χ4v) is 4.43. The number of thiazole rings is 1. The van der Waals surface area contributed by atoms with Crippen molar-refractivity contribution in [3.8, 4) is 17.0 Å². The predicted molar refractivity (Wildman–Crippen MR) is 104 cm³/mol. The van der Waals surface area contributed by atoms with Crippen LogP contribution in [0.15, 0.2) is 35.8 Å². The minimum absolute atomic E-state index is 0.159. The Labute approximate surface area is 157 Å². The largest absolute Gasteiger partial charge is 0.497 e. The monoisotopic (exact) mass is 369 g/mol. The van der Waals surface area contributed by atoms with Crippen molar-refractivity contribution in [2.75, 3.05) is 7.11 Å². The molecule has 1 aliphatic carbocycles. The van der Waals surface area contributed by atoms with Crippen molar-refractivity contribution in [1.29, 1.82) is 0 Å². The third-order valence-corrected chi connectivity index (χ3v) is 5.89. The maximum Gasteiger partial charge on any atom is 0.220 e. The van der Waals surface area contributed by atoms with Gasteiger partial charge in [0, 0.05) is 35.3 Å². The molecule has 2 aromatic heterocycles. The summed E-state index contributed by atoms with van der Waals surface area (Å²) >= 11 is 1.62. The predicted octanol–water partition coefficient (Wildman–Crippen LogP) is 4.06. The summed E-state index contributed by atoms with van der Waals surface area (Å²) < 4.78 is 7.31. The van der Waals surface area contributed by atoms with Crippen molar-refractivity contribution in [2.24, 2.45) is 0 Å². The summed E-state index contributed by atoms with van der Waals surface area (Å²) in [7, 11) is 1.66. The van der Waals surface area contributed by atoms with Crippen LogP contribution in [-0.4, -0.2) is 28.4 Å². The van der Waals surface area contributed by atoms with Crippen molar-refractivity contribution in [2.45, 2.75) is 44.6 Å². The van der Waals surface area contributed by atoms with E-state index in [4.69, 9.17) is 9.72 Å². The highest BCUT2D eigenvalue weighted by molar-refractivity contribution is 7.15. The van der Waals surface area contributed by atoms with E-state index in [1.165, 1.54) is 12.8 Å². The van der Waals surface area contributed by atoms with E-state index in [2.05, 4.69) is 21.3 Å². The summed E-state index contributed by atoms with van der Waals surface area (Å²) in [6, 6.07) is 8.30. The number of methoxy groups -OCH3 is 1. The summed E-state index contributed by atoms with van der Waals surface area (Å²) in [4.78, 5) is 17.8. The van der Waals surface area contributed by atoms with Gasteiger partial charge in [-0.2, -0.15) is 0 Å². The second kappa shape index (κ2) is 7.50. The average molecular weight is 369 g/mol. The summed E-state index contributed by atoms with van der Waals surface area (Å²) in [5, 5.41) is 5.26. The number of aromatic nitrogens is 2. The first-order chi connectivity index (χ1) is 12.7. The molecule has 0 aliphatic heterocycles. The van der Waals surface area contributed by atoms with Crippen LogP contribution in [0.1, 0.15) is 37.8 Å². The second-order valence-electron chi connectivity index (χ2n) is 6.78. The van der Waals surface area contributed by atoms with Crippen LogP contribution in [0.3, 0.4) is 0 Å². The number of hydrogen-bond donors (Lipinski definition) is 1. The standard InChI is InChI=1S/C20H23N3O2S/c1-25-17-9-6-14(7-10-17)18-12-23-16(13-26-20(23)22-18)8-11-19(24)21-15-4-2-3-5-15/h6-7,9-10,12-13,15H,2-5,8,11H2,1H3,(H,21,24). The normalized spacial score (nSPS) is 14.8. The zero-order chi connectivity index (χ0) is 17.9. The number of imidazole rings is 1. The van der Waals surface area contributed by atoms with Gasteiger partial charge in [0.2, 0.25) is 5.91 Å². The molecule has 1 N–H and O–H groups in total. The van der Waals surface area contributed by atoms with Crippen molar-refractivity contribution in [3.63, 3.8) is 0 Å². The van der Waals surface area contributed by atoms with Crippen LogP contribution < -0.4 is 10.1 Å². The molecule has 4 rings (SSSR count). The van der Waals surface area contributed by atoms with Gasteiger partial charge in [-0.3, -0.25) is 9.20 Å². The molecule has 1 fully saturated rings. The first-order valence-electron chi connectivity index (χ1n) is 9.12. The number of aryl methyl sites for hydroxylation is 1. The summed E-state index contributed by atoms with van der Waals surface area (Å²) in [5.74, 6) is 0.996. The molecule has 3 aromatic rings. The summed E-state index contributed by atoms with van der Waals surface area (Å²) in [6.45, 7) is 0. The maximum atomic E-state index is 12.2. The molecule has 0 radical (unpaired) electrons. The van der Waals surface area contributed by atoms with E-state index in [0.29, 0.717) is 12.5 Å². The molecule has 136 valence electrons. The number of carbonyl (C=O) groups is 1. The lowest BCUT2D eigenvalue weighted by atomic mass is 10.1. The van der Waals surface area contributed by atoms with Gasteiger partial charge in [-0.05, 0) is 43.5 Å². The Balaban J connectivity index is 1.44. The molecular weight excluding hydrogens is 346 g/mol. The third kappa shape index (κ3) is 3.60. The minimum Gasteiger partial charge on any atom is -0.497 e. The van der Waals surface area contributed by atoms with E-state index in [1.54, 1.807) is 18.4 Å². The van der Waals surface area contributed by atoms with Crippen molar-refractivity contribution < 1.29 is 9.53 Å². The van der Waals surface area contributed by atoms with Gasteiger partial charge in [0.05, 0.1) is 12.8 Å². The SMILES string of the molecule is COc1ccc(-c2cn3c(CCC(=O)NC4CCCC4)csc3n2)cc1. The molecule has 0 bridgehead atoms. The van der Waals surface area contributed by atoms with Gasteiger partial charge in [0.1, 0.15) is 5.75 Å². The molecule has 1 amide bonds. The Morgan fingerprint density at radius 2 is 2.08 bits per heavy atom. The second-order valence-corrected chi connectivity index (χ2v) is 7.62. The molecule has 6 heteroatoms. The molecule has 2 heterocycles. The Morgan fingerprint density at radius 1 is 1.31 bits per heavy atom. The van der Waals surface area contributed by atoms with E-state index >= 15 is 0 Å². The van der Waals surface area contributed by atoms with Crippen molar-refractivity contribution in [1.82, 2.24) is 14.7 Å². The number of rotatable bonds is 6. The highest BCUT2D eigenvalue weighted by Crippen LogP contribution is 2.26.